The topological polar surface area (TPSA) is 81.0 Å². The second-order valence-electron chi connectivity index (χ2n) is 4.64. The summed E-state index contributed by atoms with van der Waals surface area (Å²) in [5.41, 5.74) is 0.0205. The first-order chi connectivity index (χ1) is 8.72. The van der Waals surface area contributed by atoms with Crippen LogP contribution in [0.15, 0.2) is 11.0 Å². The molecule has 1 aromatic rings. The molecule has 2 rings (SSSR count). The number of aromatic amines is 2. The number of amides is 1. The van der Waals surface area contributed by atoms with Crippen LogP contribution >= 0.6 is 0 Å². The number of H-pyrrole nitrogens is 2. The molecule has 6 heteroatoms. The molecular weight excluding hydrogens is 232 g/mol. The van der Waals surface area contributed by atoms with Crippen molar-refractivity contribution in [1.82, 2.24) is 20.2 Å². The smallest absolute Gasteiger partial charge is 0.323 e. The summed E-state index contributed by atoms with van der Waals surface area (Å²) in [6.45, 7) is 4.68. The van der Waals surface area contributed by atoms with Crippen LogP contribution in [0.5, 0.6) is 0 Å². The number of aromatic nitrogens is 2. The van der Waals surface area contributed by atoms with Crippen LogP contribution in [0.2, 0.25) is 0 Å². The molecule has 1 aromatic heterocycles. The maximum Gasteiger partial charge on any atom is 0.323 e. The third kappa shape index (κ3) is 2.81. The lowest BCUT2D eigenvalue weighted by atomic mass is 10.0. The molecule has 0 atom stereocenters. The summed E-state index contributed by atoms with van der Waals surface area (Å²) in [5, 5.41) is 3.29. The largest absolute Gasteiger partial charge is 0.334 e. The number of nitrogens with one attached hydrogen (secondary N) is 3. The summed E-state index contributed by atoms with van der Waals surface area (Å²) in [4.78, 5) is 30.3. The Morgan fingerprint density at radius 2 is 2.17 bits per heavy atom. The summed E-state index contributed by atoms with van der Waals surface area (Å²) in [7, 11) is 0. The Labute approximate surface area is 106 Å². The van der Waals surface area contributed by atoms with Crippen molar-refractivity contribution < 1.29 is 4.79 Å². The third-order valence-electron chi connectivity index (χ3n) is 3.30. The van der Waals surface area contributed by atoms with E-state index in [0.29, 0.717) is 5.69 Å². The van der Waals surface area contributed by atoms with Crippen molar-refractivity contribution in [2.45, 2.75) is 32.2 Å². The molecule has 1 saturated heterocycles. The summed E-state index contributed by atoms with van der Waals surface area (Å²) >= 11 is 0. The standard InChI is InChI=1S/C12H20N4O2/c1-2-7-16(9-3-5-13-6-4-9)11(17)10-8-14-12(18)15-10/h8-9,13H,2-7H2,1H3,(H2,14,15,18). The normalized spacial score (nSPS) is 16.7. The summed E-state index contributed by atoms with van der Waals surface area (Å²) in [6.07, 6.45) is 4.32. The van der Waals surface area contributed by atoms with Crippen molar-refractivity contribution in [1.29, 1.82) is 0 Å². The van der Waals surface area contributed by atoms with E-state index in [1.807, 2.05) is 4.90 Å². The predicted molar refractivity (Wildman–Crippen MR) is 68.6 cm³/mol. The van der Waals surface area contributed by atoms with Crippen molar-refractivity contribution in [3.63, 3.8) is 0 Å². The number of piperidine rings is 1. The van der Waals surface area contributed by atoms with E-state index in [-0.39, 0.29) is 17.6 Å². The molecule has 0 aliphatic carbocycles. The van der Waals surface area contributed by atoms with Gasteiger partial charge in [0.05, 0.1) is 0 Å². The van der Waals surface area contributed by atoms with Gasteiger partial charge in [-0.2, -0.15) is 0 Å². The van der Waals surface area contributed by atoms with Gasteiger partial charge in [-0.05, 0) is 32.4 Å². The highest BCUT2D eigenvalue weighted by molar-refractivity contribution is 5.92. The number of carbonyl (C=O) groups is 1. The van der Waals surface area contributed by atoms with Gasteiger partial charge in [-0.3, -0.25) is 4.79 Å². The van der Waals surface area contributed by atoms with E-state index in [1.54, 1.807) is 0 Å². The van der Waals surface area contributed by atoms with Crippen LogP contribution in [0.3, 0.4) is 0 Å². The highest BCUT2D eigenvalue weighted by Crippen LogP contribution is 2.14. The van der Waals surface area contributed by atoms with Crippen molar-refractivity contribution in [2.24, 2.45) is 0 Å². The fraction of sp³-hybridized carbons (Fsp3) is 0.667. The van der Waals surface area contributed by atoms with Crippen molar-refractivity contribution >= 4 is 5.91 Å². The number of hydrogen-bond donors (Lipinski definition) is 3. The fourth-order valence-corrected chi connectivity index (χ4v) is 2.41. The first-order valence-electron chi connectivity index (χ1n) is 6.51. The number of hydrogen-bond acceptors (Lipinski definition) is 3. The molecule has 2 heterocycles. The summed E-state index contributed by atoms with van der Waals surface area (Å²) < 4.78 is 0. The quantitative estimate of drug-likeness (QED) is 0.721. The zero-order chi connectivity index (χ0) is 13.0. The highest BCUT2D eigenvalue weighted by atomic mass is 16.2. The van der Waals surface area contributed by atoms with E-state index >= 15 is 0 Å². The van der Waals surface area contributed by atoms with Gasteiger partial charge < -0.3 is 20.2 Å². The van der Waals surface area contributed by atoms with Crippen LogP contribution < -0.4 is 11.0 Å². The molecule has 0 saturated carbocycles. The average Bonchev–Trinajstić information content (AvgIpc) is 2.83. The van der Waals surface area contributed by atoms with Crippen LogP contribution in [-0.4, -0.2) is 46.5 Å². The van der Waals surface area contributed by atoms with Crippen LogP contribution in [0.4, 0.5) is 0 Å². The van der Waals surface area contributed by atoms with Crippen LogP contribution in [-0.2, 0) is 0 Å². The molecule has 6 nitrogen and oxygen atoms in total. The van der Waals surface area contributed by atoms with E-state index < -0.39 is 0 Å². The number of rotatable bonds is 4. The average molecular weight is 252 g/mol. The van der Waals surface area contributed by atoms with Gasteiger partial charge in [-0.15, -0.1) is 0 Å². The third-order valence-corrected chi connectivity index (χ3v) is 3.30. The van der Waals surface area contributed by atoms with E-state index in [9.17, 15) is 9.59 Å². The molecule has 1 aliphatic rings. The predicted octanol–water partition coefficient (Wildman–Crippen LogP) is 0.307. The zero-order valence-corrected chi connectivity index (χ0v) is 10.7. The van der Waals surface area contributed by atoms with Gasteiger partial charge in [0.15, 0.2) is 0 Å². The Balaban J connectivity index is 2.13. The molecule has 0 spiro atoms. The monoisotopic (exact) mass is 252 g/mol. The van der Waals surface area contributed by atoms with Crippen LogP contribution in [0.1, 0.15) is 36.7 Å². The number of imidazole rings is 1. The number of nitrogens with zero attached hydrogens (tertiary/aromatic N) is 1. The summed E-state index contributed by atoms with van der Waals surface area (Å²) in [5.74, 6) is -0.0814. The van der Waals surface area contributed by atoms with Crippen molar-refractivity contribution in [3.8, 4) is 0 Å². The van der Waals surface area contributed by atoms with Gasteiger partial charge in [-0.25, -0.2) is 4.79 Å². The SMILES string of the molecule is CCCN(C(=O)c1c[nH]c(=O)[nH]1)C1CCNCC1. The minimum atomic E-state index is -0.333. The molecule has 0 bridgehead atoms. The fourth-order valence-electron chi connectivity index (χ4n) is 2.41. The lowest BCUT2D eigenvalue weighted by Gasteiger charge is -2.34. The first kappa shape index (κ1) is 12.9. The van der Waals surface area contributed by atoms with Gasteiger partial charge in [0.1, 0.15) is 5.69 Å². The Kier molecular flexibility index (Phi) is 4.19. The van der Waals surface area contributed by atoms with Gasteiger partial charge in [-0.1, -0.05) is 6.92 Å². The minimum Gasteiger partial charge on any atom is -0.334 e. The molecule has 1 fully saturated rings. The van der Waals surface area contributed by atoms with Crippen LogP contribution in [0.25, 0.3) is 0 Å². The molecule has 18 heavy (non-hydrogen) atoms. The Bertz CT molecular complexity index is 445. The van der Waals surface area contributed by atoms with Crippen molar-refractivity contribution in [3.05, 3.63) is 22.4 Å². The van der Waals surface area contributed by atoms with E-state index in [0.717, 1.165) is 38.9 Å². The summed E-state index contributed by atoms with van der Waals surface area (Å²) in [6, 6.07) is 0.275. The molecule has 100 valence electrons. The van der Waals surface area contributed by atoms with Gasteiger partial charge >= 0.3 is 5.69 Å². The van der Waals surface area contributed by atoms with Gasteiger partial charge in [0.2, 0.25) is 0 Å². The lowest BCUT2D eigenvalue weighted by molar-refractivity contribution is 0.0637. The second kappa shape index (κ2) is 5.86. The molecular formula is C12H20N4O2. The molecule has 0 radical (unpaired) electrons. The molecule has 1 amide bonds. The Morgan fingerprint density at radius 1 is 1.44 bits per heavy atom. The molecule has 0 aromatic carbocycles. The first-order valence-corrected chi connectivity index (χ1v) is 6.51. The van der Waals surface area contributed by atoms with E-state index in [4.69, 9.17) is 0 Å². The van der Waals surface area contributed by atoms with E-state index in [2.05, 4.69) is 22.2 Å². The van der Waals surface area contributed by atoms with Gasteiger partial charge in [0, 0.05) is 18.8 Å². The minimum absolute atomic E-state index is 0.0814. The van der Waals surface area contributed by atoms with Crippen molar-refractivity contribution in [2.75, 3.05) is 19.6 Å². The maximum absolute atomic E-state index is 12.4. The lowest BCUT2D eigenvalue weighted by Crippen LogP contribution is -2.46. The van der Waals surface area contributed by atoms with E-state index in [1.165, 1.54) is 6.20 Å². The van der Waals surface area contributed by atoms with Crippen LogP contribution in [0, 0.1) is 0 Å². The Morgan fingerprint density at radius 3 is 2.72 bits per heavy atom. The maximum atomic E-state index is 12.4. The molecule has 1 aliphatic heterocycles. The number of carbonyl (C=O) groups excluding carboxylic acids is 1. The second-order valence-corrected chi connectivity index (χ2v) is 4.64. The molecule has 0 unspecified atom stereocenters. The van der Waals surface area contributed by atoms with Gasteiger partial charge in [0.25, 0.3) is 5.91 Å². The highest BCUT2D eigenvalue weighted by Gasteiger charge is 2.26. The molecule has 3 N–H and O–H groups in total. The zero-order valence-electron chi connectivity index (χ0n) is 10.7. The Hall–Kier alpha value is -1.56.